The van der Waals surface area contributed by atoms with Gasteiger partial charge in [-0.05, 0) is 18.1 Å². The number of carbonyl (C=O) groups excluding carboxylic acids is 1. The molecule has 0 radical (unpaired) electrons. The topological polar surface area (TPSA) is 70.8 Å². The lowest BCUT2D eigenvalue weighted by Crippen LogP contribution is -2.14. The first kappa shape index (κ1) is 15.6. The summed E-state index contributed by atoms with van der Waals surface area (Å²) in [7, 11) is 4.41. The van der Waals surface area contributed by atoms with Gasteiger partial charge in [-0.2, -0.15) is 0 Å². The summed E-state index contributed by atoms with van der Waals surface area (Å²) in [5.74, 6) is 0.791. The number of rotatable bonds is 6. The van der Waals surface area contributed by atoms with Crippen molar-refractivity contribution in [2.24, 2.45) is 5.73 Å². The molecular weight excluding hydrogens is 270 g/mol. The smallest absolute Gasteiger partial charge is 0.305 e. The third kappa shape index (κ3) is 4.01. The fraction of sp³-hybridized carbons (Fsp3) is 0.462. The Morgan fingerprint density at radius 3 is 2.37 bits per heavy atom. The van der Waals surface area contributed by atoms with Gasteiger partial charge in [-0.15, -0.1) is 0 Å². The van der Waals surface area contributed by atoms with Crippen molar-refractivity contribution in [3.63, 3.8) is 0 Å². The van der Waals surface area contributed by atoms with Gasteiger partial charge < -0.3 is 19.9 Å². The molecule has 1 atom stereocenters. The third-order valence-corrected chi connectivity index (χ3v) is 3.12. The van der Waals surface area contributed by atoms with Gasteiger partial charge in [0.25, 0.3) is 0 Å². The molecule has 6 heteroatoms. The molecule has 1 aromatic rings. The number of esters is 1. The Labute approximate surface area is 117 Å². The molecule has 0 aliphatic rings. The molecule has 0 aliphatic heterocycles. The highest BCUT2D eigenvalue weighted by atomic mass is 35.5. The molecule has 106 valence electrons. The minimum atomic E-state index is -0.369. The van der Waals surface area contributed by atoms with E-state index >= 15 is 0 Å². The first-order valence-electron chi connectivity index (χ1n) is 5.77. The number of methoxy groups -OCH3 is 3. The van der Waals surface area contributed by atoms with Gasteiger partial charge in [-0.25, -0.2) is 0 Å². The van der Waals surface area contributed by atoms with Crippen molar-refractivity contribution in [2.75, 3.05) is 21.3 Å². The van der Waals surface area contributed by atoms with Gasteiger partial charge in [0, 0.05) is 23.6 Å². The fourth-order valence-electron chi connectivity index (χ4n) is 1.68. The third-order valence-electron chi connectivity index (χ3n) is 2.79. The first-order valence-corrected chi connectivity index (χ1v) is 6.15. The SMILES string of the molecule is COC(=O)CCC(N)c1cc(OC)c(OC)cc1Cl. The standard InChI is InChI=1S/C13H18ClNO4/c1-17-11-6-8(9(14)7-12(11)18-2)10(15)4-5-13(16)19-3/h6-7,10H,4-5,15H2,1-3H3. The van der Waals surface area contributed by atoms with Gasteiger partial charge in [0.05, 0.1) is 21.3 Å². The zero-order valence-electron chi connectivity index (χ0n) is 11.2. The summed E-state index contributed by atoms with van der Waals surface area (Å²) in [5, 5.41) is 0.481. The molecule has 0 spiro atoms. The fourth-order valence-corrected chi connectivity index (χ4v) is 1.98. The van der Waals surface area contributed by atoms with Crippen molar-refractivity contribution in [3.05, 3.63) is 22.7 Å². The van der Waals surface area contributed by atoms with Crippen LogP contribution in [-0.2, 0) is 9.53 Å². The normalized spacial score (nSPS) is 11.8. The average molecular weight is 288 g/mol. The maximum Gasteiger partial charge on any atom is 0.305 e. The van der Waals surface area contributed by atoms with Crippen LogP contribution in [0.3, 0.4) is 0 Å². The Balaban J connectivity index is 2.90. The Hall–Kier alpha value is -1.46. The van der Waals surface area contributed by atoms with Crippen LogP contribution >= 0.6 is 11.6 Å². The molecule has 0 heterocycles. The highest BCUT2D eigenvalue weighted by molar-refractivity contribution is 6.31. The van der Waals surface area contributed by atoms with E-state index in [1.54, 1.807) is 12.1 Å². The molecule has 5 nitrogen and oxygen atoms in total. The predicted molar refractivity (Wildman–Crippen MR) is 72.7 cm³/mol. The minimum absolute atomic E-state index is 0.238. The van der Waals surface area contributed by atoms with E-state index < -0.39 is 0 Å². The lowest BCUT2D eigenvalue weighted by Gasteiger charge is -2.16. The van der Waals surface area contributed by atoms with E-state index in [-0.39, 0.29) is 18.4 Å². The molecule has 0 fully saturated rings. The van der Waals surface area contributed by atoms with E-state index in [1.165, 1.54) is 21.3 Å². The predicted octanol–water partition coefficient (Wildman–Crippen LogP) is 2.31. The molecule has 1 rings (SSSR count). The van der Waals surface area contributed by atoms with E-state index in [1.807, 2.05) is 0 Å². The van der Waals surface area contributed by atoms with Crippen molar-refractivity contribution < 1.29 is 19.0 Å². The number of carbonyl (C=O) groups is 1. The lowest BCUT2D eigenvalue weighted by atomic mass is 10.0. The second kappa shape index (κ2) is 7.21. The van der Waals surface area contributed by atoms with Crippen molar-refractivity contribution in [1.29, 1.82) is 0 Å². The molecule has 1 aromatic carbocycles. The maximum absolute atomic E-state index is 11.1. The van der Waals surface area contributed by atoms with Gasteiger partial charge in [-0.1, -0.05) is 11.6 Å². The van der Waals surface area contributed by atoms with Crippen molar-refractivity contribution in [1.82, 2.24) is 0 Å². The second-order valence-electron chi connectivity index (χ2n) is 3.95. The van der Waals surface area contributed by atoms with Crippen molar-refractivity contribution in [2.45, 2.75) is 18.9 Å². The van der Waals surface area contributed by atoms with E-state index in [2.05, 4.69) is 4.74 Å². The van der Waals surface area contributed by atoms with Crippen LogP contribution < -0.4 is 15.2 Å². The largest absolute Gasteiger partial charge is 0.493 e. The Kier molecular flexibility index (Phi) is 5.92. The van der Waals surface area contributed by atoms with Crippen LogP contribution in [0, 0.1) is 0 Å². The Bertz CT molecular complexity index is 451. The highest BCUT2D eigenvalue weighted by Crippen LogP contribution is 2.36. The molecule has 2 N–H and O–H groups in total. The van der Waals surface area contributed by atoms with Crippen LogP contribution in [0.5, 0.6) is 11.5 Å². The van der Waals surface area contributed by atoms with Gasteiger partial charge in [0.15, 0.2) is 11.5 Å². The summed E-state index contributed by atoms with van der Waals surface area (Å²) >= 11 is 6.15. The van der Waals surface area contributed by atoms with Crippen molar-refractivity contribution >= 4 is 17.6 Å². The number of benzene rings is 1. The number of nitrogens with two attached hydrogens (primary N) is 1. The van der Waals surface area contributed by atoms with Crippen LogP contribution in [-0.4, -0.2) is 27.3 Å². The summed E-state index contributed by atoms with van der Waals surface area (Å²) in [5.41, 5.74) is 6.74. The van der Waals surface area contributed by atoms with Gasteiger partial charge in [-0.3, -0.25) is 4.79 Å². The highest BCUT2D eigenvalue weighted by Gasteiger charge is 2.16. The van der Waals surface area contributed by atoms with Gasteiger partial charge in [0.2, 0.25) is 0 Å². The Morgan fingerprint density at radius 1 is 1.26 bits per heavy atom. The average Bonchev–Trinajstić information content (AvgIpc) is 2.43. The molecule has 1 unspecified atom stereocenters. The molecule has 0 saturated heterocycles. The molecule has 0 aliphatic carbocycles. The van der Waals surface area contributed by atoms with Gasteiger partial charge in [0.1, 0.15) is 0 Å². The summed E-state index contributed by atoms with van der Waals surface area (Å²) in [4.78, 5) is 11.1. The van der Waals surface area contributed by atoms with Gasteiger partial charge >= 0.3 is 5.97 Å². The van der Waals surface area contributed by atoms with Crippen LogP contribution in [0.4, 0.5) is 0 Å². The lowest BCUT2D eigenvalue weighted by molar-refractivity contribution is -0.140. The second-order valence-corrected chi connectivity index (χ2v) is 4.36. The molecule has 0 saturated carbocycles. The number of hydrogen-bond donors (Lipinski definition) is 1. The van der Waals surface area contributed by atoms with E-state index in [0.29, 0.717) is 28.5 Å². The maximum atomic E-state index is 11.1. The first-order chi connectivity index (χ1) is 9.03. The van der Waals surface area contributed by atoms with Crippen LogP contribution in [0.15, 0.2) is 12.1 Å². The summed E-state index contributed by atoms with van der Waals surface area (Å²) in [6, 6.07) is 3.00. The zero-order chi connectivity index (χ0) is 14.4. The van der Waals surface area contributed by atoms with Crippen LogP contribution in [0.2, 0.25) is 5.02 Å². The number of hydrogen-bond acceptors (Lipinski definition) is 5. The summed E-state index contributed by atoms with van der Waals surface area (Å²) in [6.07, 6.45) is 0.685. The van der Waals surface area contributed by atoms with Crippen molar-refractivity contribution in [3.8, 4) is 11.5 Å². The quantitative estimate of drug-likeness (QED) is 0.813. The van der Waals surface area contributed by atoms with E-state index in [4.69, 9.17) is 26.8 Å². The summed E-state index contributed by atoms with van der Waals surface area (Å²) in [6.45, 7) is 0. The number of ether oxygens (including phenoxy) is 3. The summed E-state index contributed by atoms with van der Waals surface area (Å²) < 4.78 is 14.9. The minimum Gasteiger partial charge on any atom is -0.493 e. The zero-order valence-corrected chi connectivity index (χ0v) is 12.0. The molecule has 0 aromatic heterocycles. The molecule has 0 amide bonds. The van der Waals surface area contributed by atoms with E-state index in [9.17, 15) is 4.79 Å². The monoisotopic (exact) mass is 287 g/mol. The van der Waals surface area contributed by atoms with Crippen LogP contribution in [0.1, 0.15) is 24.4 Å². The molecular formula is C13H18ClNO4. The molecule has 19 heavy (non-hydrogen) atoms. The van der Waals surface area contributed by atoms with Crippen LogP contribution in [0.25, 0.3) is 0 Å². The number of halogens is 1. The Morgan fingerprint density at radius 2 is 1.84 bits per heavy atom. The molecule has 0 bridgehead atoms. The van der Waals surface area contributed by atoms with E-state index in [0.717, 1.165) is 0 Å².